The van der Waals surface area contributed by atoms with Gasteiger partial charge in [-0.15, -0.1) is 0 Å². The van der Waals surface area contributed by atoms with Crippen LogP contribution in [0.5, 0.6) is 0 Å². The molecule has 0 radical (unpaired) electrons. The molecule has 0 spiro atoms. The van der Waals surface area contributed by atoms with Crippen molar-refractivity contribution in [3.05, 3.63) is 34.6 Å². The molecule has 4 nitrogen and oxygen atoms in total. The normalized spacial score (nSPS) is 11.5. The Kier molecular flexibility index (Phi) is 7.99. The van der Waals surface area contributed by atoms with Gasteiger partial charge in [-0.3, -0.25) is 4.99 Å². The minimum atomic E-state index is -0.277. The van der Waals surface area contributed by atoms with Crippen molar-refractivity contribution in [2.45, 2.75) is 13.3 Å². The lowest BCUT2D eigenvalue weighted by Gasteiger charge is -2.12. The molecule has 0 aliphatic heterocycles. The molecule has 0 aromatic heterocycles. The molecule has 1 aromatic rings. The summed E-state index contributed by atoms with van der Waals surface area (Å²) in [7, 11) is 1.63. The van der Waals surface area contributed by atoms with Crippen LogP contribution in [0.3, 0.4) is 0 Å². The Labute approximate surface area is 124 Å². The molecule has 0 saturated carbocycles. The van der Waals surface area contributed by atoms with Gasteiger partial charge in [0.1, 0.15) is 5.82 Å². The van der Waals surface area contributed by atoms with E-state index < -0.39 is 0 Å². The fraction of sp³-hybridized carbons (Fsp3) is 0.500. The van der Waals surface area contributed by atoms with Crippen molar-refractivity contribution in [2.75, 3.05) is 33.4 Å². The first-order valence-electron chi connectivity index (χ1n) is 6.63. The molecular weight excluding hydrogens is 281 g/mol. The minimum absolute atomic E-state index is 0.277. The number of rotatable bonds is 7. The predicted octanol–water partition coefficient (Wildman–Crippen LogP) is 2.22. The van der Waals surface area contributed by atoms with Gasteiger partial charge in [0.15, 0.2) is 5.96 Å². The minimum Gasteiger partial charge on any atom is -0.383 e. The summed E-state index contributed by atoms with van der Waals surface area (Å²) < 4.78 is 18.5. The zero-order valence-corrected chi connectivity index (χ0v) is 12.6. The molecule has 112 valence electrons. The topological polar surface area (TPSA) is 45.7 Å². The highest BCUT2D eigenvalue weighted by atomic mass is 35.5. The Morgan fingerprint density at radius 3 is 2.85 bits per heavy atom. The average Bonchev–Trinajstić information content (AvgIpc) is 2.42. The molecule has 0 atom stereocenters. The maximum Gasteiger partial charge on any atom is 0.191 e. The number of hydrogen-bond acceptors (Lipinski definition) is 2. The molecule has 0 unspecified atom stereocenters. The molecule has 2 N–H and O–H groups in total. The number of guanidine groups is 1. The average molecular weight is 302 g/mol. The van der Waals surface area contributed by atoms with Crippen LogP contribution in [0.4, 0.5) is 4.39 Å². The number of hydrogen-bond donors (Lipinski definition) is 2. The van der Waals surface area contributed by atoms with E-state index in [0.29, 0.717) is 42.7 Å². The highest BCUT2D eigenvalue weighted by molar-refractivity contribution is 6.31. The number of ether oxygens (including phenoxy) is 1. The first-order valence-corrected chi connectivity index (χ1v) is 7.00. The summed E-state index contributed by atoms with van der Waals surface area (Å²) in [5, 5.41) is 6.71. The van der Waals surface area contributed by atoms with Crippen molar-refractivity contribution < 1.29 is 9.13 Å². The van der Waals surface area contributed by atoms with Crippen LogP contribution >= 0.6 is 11.6 Å². The van der Waals surface area contributed by atoms with Crippen LogP contribution in [0.2, 0.25) is 5.02 Å². The maximum absolute atomic E-state index is 13.6. The van der Waals surface area contributed by atoms with Gasteiger partial charge in [0.2, 0.25) is 0 Å². The molecule has 1 rings (SSSR count). The van der Waals surface area contributed by atoms with Crippen molar-refractivity contribution in [1.82, 2.24) is 10.6 Å². The van der Waals surface area contributed by atoms with E-state index >= 15 is 0 Å². The molecule has 6 heteroatoms. The fourth-order valence-electron chi connectivity index (χ4n) is 1.67. The molecule has 0 aliphatic rings. The molecular formula is C14H21ClFN3O. The fourth-order valence-corrected chi connectivity index (χ4v) is 1.93. The van der Waals surface area contributed by atoms with Crippen LogP contribution in [0.25, 0.3) is 0 Å². The summed E-state index contributed by atoms with van der Waals surface area (Å²) in [4.78, 5) is 4.32. The maximum atomic E-state index is 13.6. The van der Waals surface area contributed by atoms with Crippen molar-refractivity contribution in [2.24, 2.45) is 4.99 Å². The van der Waals surface area contributed by atoms with Crippen molar-refractivity contribution in [3.63, 3.8) is 0 Å². The number of nitrogens with one attached hydrogen (secondary N) is 2. The molecule has 1 aromatic carbocycles. The van der Waals surface area contributed by atoms with Gasteiger partial charge < -0.3 is 15.4 Å². The number of nitrogens with zero attached hydrogens (tertiary/aromatic N) is 1. The van der Waals surface area contributed by atoms with Gasteiger partial charge >= 0.3 is 0 Å². The second-order valence-corrected chi connectivity index (χ2v) is 4.54. The number of methoxy groups -OCH3 is 1. The van der Waals surface area contributed by atoms with E-state index in [-0.39, 0.29) is 5.82 Å². The molecule has 0 bridgehead atoms. The Bertz CT molecular complexity index is 420. The highest BCUT2D eigenvalue weighted by Gasteiger charge is 2.06. The van der Waals surface area contributed by atoms with E-state index in [4.69, 9.17) is 16.3 Å². The van der Waals surface area contributed by atoms with Crippen molar-refractivity contribution in [1.29, 1.82) is 0 Å². The van der Waals surface area contributed by atoms with E-state index in [1.165, 1.54) is 6.07 Å². The standard InChI is InChI=1S/C14H21ClFN3O/c1-3-17-14(19-9-10-20-2)18-8-7-11-12(15)5-4-6-13(11)16/h4-6H,3,7-10H2,1-2H3,(H2,17,18,19). The van der Waals surface area contributed by atoms with Crippen LogP contribution in [0, 0.1) is 5.82 Å². The highest BCUT2D eigenvalue weighted by Crippen LogP contribution is 2.18. The summed E-state index contributed by atoms with van der Waals surface area (Å²) >= 11 is 5.98. The number of halogens is 2. The van der Waals surface area contributed by atoms with Crippen LogP contribution in [0.1, 0.15) is 12.5 Å². The molecule has 0 aliphatic carbocycles. The predicted molar refractivity (Wildman–Crippen MR) is 81.0 cm³/mol. The van der Waals surface area contributed by atoms with Gasteiger partial charge in [-0.25, -0.2) is 4.39 Å². The van der Waals surface area contributed by atoms with E-state index in [2.05, 4.69) is 15.6 Å². The van der Waals surface area contributed by atoms with Crippen LogP contribution in [-0.2, 0) is 11.2 Å². The van der Waals surface area contributed by atoms with Gasteiger partial charge in [-0.2, -0.15) is 0 Å². The van der Waals surface area contributed by atoms with E-state index in [1.807, 2.05) is 6.92 Å². The van der Waals surface area contributed by atoms with Gasteiger partial charge in [-0.05, 0) is 25.5 Å². The molecule has 20 heavy (non-hydrogen) atoms. The summed E-state index contributed by atoms with van der Waals surface area (Å²) in [5.41, 5.74) is 0.523. The quantitative estimate of drug-likeness (QED) is 0.461. The van der Waals surface area contributed by atoms with Crippen LogP contribution in [-0.4, -0.2) is 39.3 Å². The smallest absolute Gasteiger partial charge is 0.191 e. The summed E-state index contributed by atoms with van der Waals surface area (Å²) in [5.74, 6) is 0.414. The lowest BCUT2D eigenvalue weighted by atomic mass is 10.1. The van der Waals surface area contributed by atoms with Crippen LogP contribution < -0.4 is 10.6 Å². The molecule has 0 fully saturated rings. The van der Waals surface area contributed by atoms with Gasteiger partial charge in [-0.1, -0.05) is 17.7 Å². The van der Waals surface area contributed by atoms with E-state index in [1.54, 1.807) is 19.2 Å². The monoisotopic (exact) mass is 301 g/mol. The Morgan fingerprint density at radius 2 is 2.20 bits per heavy atom. The van der Waals surface area contributed by atoms with Crippen LogP contribution in [0.15, 0.2) is 23.2 Å². The summed E-state index contributed by atoms with van der Waals surface area (Å²) in [6.45, 7) is 4.45. The third-order valence-corrected chi connectivity index (χ3v) is 2.99. The van der Waals surface area contributed by atoms with Gasteiger partial charge in [0.25, 0.3) is 0 Å². The third-order valence-electron chi connectivity index (χ3n) is 2.64. The third kappa shape index (κ3) is 5.75. The zero-order valence-electron chi connectivity index (χ0n) is 11.9. The lowest BCUT2D eigenvalue weighted by Crippen LogP contribution is -2.38. The molecule has 0 saturated heterocycles. The molecule has 0 amide bonds. The summed E-state index contributed by atoms with van der Waals surface area (Å²) in [6, 6.07) is 4.71. The van der Waals surface area contributed by atoms with E-state index in [0.717, 1.165) is 6.54 Å². The SMILES string of the molecule is CCNC(=NCCOC)NCCc1c(F)cccc1Cl. The first-order chi connectivity index (χ1) is 9.69. The molecule has 0 heterocycles. The van der Waals surface area contributed by atoms with Crippen molar-refractivity contribution >= 4 is 17.6 Å². The first kappa shape index (κ1) is 16.7. The summed E-state index contributed by atoms with van der Waals surface area (Å²) in [6.07, 6.45) is 0.500. The Morgan fingerprint density at radius 1 is 1.40 bits per heavy atom. The number of benzene rings is 1. The van der Waals surface area contributed by atoms with Gasteiger partial charge in [0.05, 0.1) is 13.2 Å². The second-order valence-electron chi connectivity index (χ2n) is 4.13. The Hall–Kier alpha value is -1.33. The van der Waals surface area contributed by atoms with Gasteiger partial charge in [0, 0.05) is 30.8 Å². The van der Waals surface area contributed by atoms with E-state index in [9.17, 15) is 4.39 Å². The van der Waals surface area contributed by atoms with Crippen molar-refractivity contribution in [3.8, 4) is 0 Å². The number of aliphatic imine (C=N–C) groups is 1. The zero-order chi connectivity index (χ0) is 14.8. The second kappa shape index (κ2) is 9.55. The Balaban J connectivity index is 2.49. The largest absolute Gasteiger partial charge is 0.383 e. The lowest BCUT2D eigenvalue weighted by molar-refractivity contribution is 0.208.